The van der Waals surface area contributed by atoms with E-state index in [0.717, 1.165) is 0 Å². The first kappa shape index (κ1) is 19.0. The lowest BCUT2D eigenvalue weighted by atomic mass is 10.1. The average Bonchev–Trinajstić information content (AvgIpc) is 2.39. The molecule has 9 heteroatoms. The zero-order chi connectivity index (χ0) is 16.3. The van der Waals surface area contributed by atoms with Crippen LogP contribution < -0.4 is 22.2 Å². The zero-order valence-corrected chi connectivity index (χ0v) is 12.5. The molecule has 1 unspecified atom stereocenters. The second-order valence-corrected chi connectivity index (χ2v) is 4.55. The van der Waals surface area contributed by atoms with Crippen molar-refractivity contribution in [3.63, 3.8) is 0 Å². The number of amides is 1. The van der Waals surface area contributed by atoms with Gasteiger partial charge in [0.15, 0.2) is 0 Å². The molecule has 9 nitrogen and oxygen atoms in total. The Balaban J connectivity index is 3.69. The molecule has 0 aromatic heterocycles. The van der Waals surface area contributed by atoms with Gasteiger partial charge < -0.3 is 31.2 Å². The maximum absolute atomic E-state index is 11.3. The van der Waals surface area contributed by atoms with Crippen LogP contribution >= 0.6 is 0 Å². The van der Waals surface area contributed by atoms with Gasteiger partial charge in [-0.25, -0.2) is 10.6 Å². The molecule has 0 aliphatic carbocycles. The van der Waals surface area contributed by atoms with E-state index in [1.54, 1.807) is 14.1 Å². The second-order valence-electron chi connectivity index (χ2n) is 4.55. The number of aliphatic carboxylic acids is 1. The summed E-state index contributed by atoms with van der Waals surface area (Å²) in [5, 5.41) is 15.3. The SMILES string of the molecule is CNC(CCCCNC(=O)OC/C(N)=C/N(C)N)C(=O)O. The molecule has 0 radical (unpaired) electrons. The van der Waals surface area contributed by atoms with Crippen molar-refractivity contribution in [2.24, 2.45) is 11.6 Å². The molecule has 0 aliphatic rings. The molecule has 1 atom stereocenters. The molecule has 0 heterocycles. The summed E-state index contributed by atoms with van der Waals surface area (Å²) in [5.74, 6) is 4.47. The maximum Gasteiger partial charge on any atom is 0.407 e. The van der Waals surface area contributed by atoms with Crippen molar-refractivity contribution in [1.29, 1.82) is 0 Å². The first-order valence-electron chi connectivity index (χ1n) is 6.61. The van der Waals surface area contributed by atoms with Crippen LogP contribution in [0, 0.1) is 0 Å². The van der Waals surface area contributed by atoms with Gasteiger partial charge in [0, 0.05) is 19.8 Å². The summed E-state index contributed by atoms with van der Waals surface area (Å²) in [6.45, 7) is 0.365. The quantitative estimate of drug-likeness (QED) is 0.200. The third-order valence-corrected chi connectivity index (χ3v) is 2.57. The molecule has 122 valence electrons. The highest BCUT2D eigenvalue weighted by Gasteiger charge is 2.13. The van der Waals surface area contributed by atoms with E-state index in [1.807, 2.05) is 0 Å². The highest BCUT2D eigenvalue weighted by molar-refractivity contribution is 5.73. The van der Waals surface area contributed by atoms with Gasteiger partial charge >= 0.3 is 12.1 Å². The van der Waals surface area contributed by atoms with Gasteiger partial charge in [-0.05, 0) is 26.3 Å². The summed E-state index contributed by atoms with van der Waals surface area (Å²) < 4.78 is 4.86. The van der Waals surface area contributed by atoms with Crippen LogP contribution in [0.15, 0.2) is 11.9 Å². The first-order chi connectivity index (χ1) is 9.86. The molecule has 0 rings (SSSR count). The molecule has 21 heavy (non-hydrogen) atoms. The normalized spacial score (nSPS) is 12.6. The standard InChI is InChI=1S/C12H25N5O4/c1-15-10(11(18)19)5-3-4-6-16-12(20)21-8-9(13)7-17(2)14/h7,10,15H,3-6,8,13-14H2,1-2H3,(H,16,20)(H,18,19)/b9-7-. The lowest BCUT2D eigenvalue weighted by molar-refractivity contribution is -0.139. The predicted molar refractivity (Wildman–Crippen MR) is 77.9 cm³/mol. The topological polar surface area (TPSA) is 143 Å². The van der Waals surface area contributed by atoms with Gasteiger partial charge in [-0.3, -0.25) is 4.79 Å². The molecule has 0 bridgehead atoms. The van der Waals surface area contributed by atoms with Gasteiger partial charge in [0.25, 0.3) is 0 Å². The third-order valence-electron chi connectivity index (χ3n) is 2.57. The van der Waals surface area contributed by atoms with Crippen LogP contribution in [0.1, 0.15) is 19.3 Å². The van der Waals surface area contributed by atoms with E-state index >= 15 is 0 Å². The van der Waals surface area contributed by atoms with Crippen LogP contribution in [0.25, 0.3) is 0 Å². The number of ether oxygens (including phenoxy) is 1. The largest absolute Gasteiger partial charge is 0.480 e. The number of carbonyl (C=O) groups excluding carboxylic acids is 1. The fourth-order valence-corrected chi connectivity index (χ4v) is 1.55. The van der Waals surface area contributed by atoms with Crippen molar-refractivity contribution in [2.75, 3.05) is 27.2 Å². The van der Waals surface area contributed by atoms with Gasteiger partial charge in [-0.15, -0.1) is 0 Å². The van der Waals surface area contributed by atoms with Crippen LogP contribution in [0.3, 0.4) is 0 Å². The Morgan fingerprint density at radius 2 is 2.10 bits per heavy atom. The number of nitrogens with one attached hydrogen (secondary N) is 2. The average molecular weight is 303 g/mol. The summed E-state index contributed by atoms with van der Waals surface area (Å²) in [7, 11) is 3.20. The van der Waals surface area contributed by atoms with Gasteiger partial charge in [-0.1, -0.05) is 0 Å². The molecule has 0 aliphatic heterocycles. The van der Waals surface area contributed by atoms with Crippen LogP contribution in [0.2, 0.25) is 0 Å². The third kappa shape index (κ3) is 10.4. The Hall–Kier alpha value is -2.00. The number of nitrogens with zero attached hydrogens (tertiary/aromatic N) is 1. The summed E-state index contributed by atoms with van der Waals surface area (Å²) >= 11 is 0. The zero-order valence-electron chi connectivity index (χ0n) is 12.5. The lowest BCUT2D eigenvalue weighted by Crippen LogP contribution is -2.34. The number of hydrazine groups is 1. The van der Waals surface area contributed by atoms with Gasteiger partial charge in [0.1, 0.15) is 12.6 Å². The van der Waals surface area contributed by atoms with E-state index in [1.165, 1.54) is 11.2 Å². The predicted octanol–water partition coefficient (Wildman–Crippen LogP) is -0.839. The number of unbranched alkanes of at least 4 members (excludes halogenated alkanes) is 1. The number of carboxylic acid groups (broad SMARTS) is 1. The Kier molecular flexibility index (Phi) is 9.72. The van der Waals surface area contributed by atoms with Crippen molar-refractivity contribution in [3.05, 3.63) is 11.9 Å². The van der Waals surface area contributed by atoms with Crippen molar-refractivity contribution in [1.82, 2.24) is 15.6 Å². The Morgan fingerprint density at radius 3 is 2.62 bits per heavy atom. The van der Waals surface area contributed by atoms with Crippen molar-refractivity contribution in [2.45, 2.75) is 25.3 Å². The Labute approximate surface area is 124 Å². The van der Waals surface area contributed by atoms with E-state index in [2.05, 4.69) is 10.6 Å². The van der Waals surface area contributed by atoms with Gasteiger partial charge in [0.05, 0.1) is 5.70 Å². The first-order valence-corrected chi connectivity index (χ1v) is 6.61. The highest BCUT2D eigenvalue weighted by atomic mass is 16.5. The van der Waals surface area contributed by atoms with E-state index < -0.39 is 18.1 Å². The van der Waals surface area contributed by atoms with Crippen molar-refractivity contribution >= 4 is 12.1 Å². The summed E-state index contributed by atoms with van der Waals surface area (Å²) in [5.41, 5.74) is 5.88. The number of nitrogens with two attached hydrogens (primary N) is 2. The van der Waals surface area contributed by atoms with Gasteiger partial charge in [0.2, 0.25) is 0 Å². The number of alkyl carbamates (subject to hydrolysis) is 1. The Morgan fingerprint density at radius 1 is 1.43 bits per heavy atom. The number of carboxylic acids is 1. The van der Waals surface area contributed by atoms with Crippen LogP contribution in [0.5, 0.6) is 0 Å². The summed E-state index contributed by atoms with van der Waals surface area (Å²) in [6.07, 6.45) is 2.71. The molecule has 0 aromatic carbocycles. The minimum Gasteiger partial charge on any atom is -0.480 e. The number of likely N-dealkylation sites (N-methyl/N-ethyl adjacent to an activating group) is 1. The van der Waals surface area contributed by atoms with Gasteiger partial charge in [-0.2, -0.15) is 0 Å². The van der Waals surface area contributed by atoms with Crippen LogP contribution in [-0.2, 0) is 9.53 Å². The van der Waals surface area contributed by atoms with E-state index in [-0.39, 0.29) is 6.61 Å². The number of rotatable bonds is 10. The van der Waals surface area contributed by atoms with Crippen molar-refractivity contribution < 1.29 is 19.4 Å². The number of hydrogen-bond acceptors (Lipinski definition) is 7. The molecule has 0 spiro atoms. The molecule has 0 fully saturated rings. The van der Waals surface area contributed by atoms with E-state index in [9.17, 15) is 9.59 Å². The van der Waals surface area contributed by atoms with Crippen LogP contribution in [-0.4, -0.2) is 55.5 Å². The molecule has 0 aromatic rings. The monoisotopic (exact) mass is 303 g/mol. The molecule has 0 saturated heterocycles. The molecular weight excluding hydrogens is 278 g/mol. The summed E-state index contributed by atoms with van der Waals surface area (Å²) in [6, 6.07) is -0.560. The van der Waals surface area contributed by atoms with Crippen LogP contribution in [0.4, 0.5) is 4.79 Å². The Bertz CT molecular complexity index is 360. The lowest BCUT2D eigenvalue weighted by Gasteiger charge is -2.11. The smallest absolute Gasteiger partial charge is 0.407 e. The molecule has 1 amide bonds. The minimum absolute atomic E-state index is 0.0474. The molecular formula is C12H25N5O4. The van der Waals surface area contributed by atoms with E-state index in [0.29, 0.717) is 31.5 Å². The molecule has 7 N–H and O–H groups in total. The summed E-state index contributed by atoms with van der Waals surface area (Å²) in [4.78, 5) is 22.1. The second kappa shape index (κ2) is 10.7. The minimum atomic E-state index is -0.878. The maximum atomic E-state index is 11.3. The fourth-order valence-electron chi connectivity index (χ4n) is 1.55. The number of carbonyl (C=O) groups is 2. The fraction of sp³-hybridized carbons (Fsp3) is 0.667. The highest BCUT2D eigenvalue weighted by Crippen LogP contribution is 2.00. The number of hydrogen-bond donors (Lipinski definition) is 5. The molecule has 0 saturated carbocycles. The van der Waals surface area contributed by atoms with Crippen molar-refractivity contribution in [3.8, 4) is 0 Å². The van der Waals surface area contributed by atoms with E-state index in [4.69, 9.17) is 21.4 Å².